The highest BCUT2D eigenvalue weighted by molar-refractivity contribution is 5.91. The van der Waals surface area contributed by atoms with Gasteiger partial charge in [0.1, 0.15) is 0 Å². The lowest BCUT2D eigenvalue weighted by Gasteiger charge is -2.12. The van der Waals surface area contributed by atoms with Crippen molar-refractivity contribution in [2.24, 2.45) is 0 Å². The fraction of sp³-hybridized carbons (Fsp3) is 0.286. The second kappa shape index (κ2) is 9.73. The number of halogens is 1. The fourth-order valence-electron chi connectivity index (χ4n) is 2.33. The number of carbonyl (C=O) groups is 1. The molecule has 2 rings (SSSR count). The largest absolute Gasteiger partial charge is 0.494 e. The predicted molar refractivity (Wildman–Crippen MR) is 100 cm³/mol. The molecule has 4 nitrogen and oxygen atoms in total. The summed E-state index contributed by atoms with van der Waals surface area (Å²) in [6.07, 6.45) is 3.09. The van der Waals surface area contributed by atoms with Gasteiger partial charge in [-0.15, -0.1) is 0 Å². The van der Waals surface area contributed by atoms with Gasteiger partial charge in [0.2, 0.25) is 5.91 Å². The van der Waals surface area contributed by atoms with Crippen molar-refractivity contribution in [3.8, 4) is 5.75 Å². The molecule has 0 atom stereocenters. The summed E-state index contributed by atoms with van der Waals surface area (Å²) in [4.78, 5) is 12.0. The zero-order valence-electron chi connectivity index (χ0n) is 15.3. The molecule has 1 amide bonds. The van der Waals surface area contributed by atoms with E-state index in [0.717, 1.165) is 11.1 Å². The number of rotatable bonds is 8. The first-order chi connectivity index (χ1) is 12.5. The predicted octanol–water partition coefficient (Wildman–Crippen LogP) is 4.09. The first-order valence-corrected chi connectivity index (χ1v) is 8.47. The highest BCUT2D eigenvalue weighted by Crippen LogP contribution is 2.18. The quantitative estimate of drug-likeness (QED) is 0.724. The Hall–Kier alpha value is -2.66. The third kappa shape index (κ3) is 6.01. The highest BCUT2D eigenvalue weighted by atomic mass is 19.1. The third-order valence-electron chi connectivity index (χ3n) is 3.75. The summed E-state index contributed by atoms with van der Waals surface area (Å²) in [5.74, 6) is -0.540. The van der Waals surface area contributed by atoms with Gasteiger partial charge in [-0.1, -0.05) is 30.3 Å². The first-order valence-electron chi connectivity index (χ1n) is 8.47. The van der Waals surface area contributed by atoms with Crippen LogP contribution in [-0.2, 0) is 22.7 Å². The van der Waals surface area contributed by atoms with Crippen molar-refractivity contribution in [1.29, 1.82) is 0 Å². The van der Waals surface area contributed by atoms with E-state index >= 15 is 0 Å². The van der Waals surface area contributed by atoms with Crippen molar-refractivity contribution < 1.29 is 18.7 Å². The number of amides is 1. The Morgan fingerprint density at radius 3 is 2.58 bits per heavy atom. The lowest BCUT2D eigenvalue weighted by atomic mass is 10.1. The number of benzene rings is 2. The molecular weight excluding hydrogens is 333 g/mol. The maximum Gasteiger partial charge on any atom is 0.244 e. The van der Waals surface area contributed by atoms with Gasteiger partial charge in [-0.05, 0) is 48.7 Å². The van der Waals surface area contributed by atoms with Crippen molar-refractivity contribution in [2.45, 2.75) is 33.1 Å². The van der Waals surface area contributed by atoms with Crippen LogP contribution in [-0.4, -0.2) is 19.1 Å². The maximum atomic E-state index is 13.6. The van der Waals surface area contributed by atoms with Crippen LogP contribution < -0.4 is 10.1 Å². The van der Waals surface area contributed by atoms with Gasteiger partial charge in [-0.2, -0.15) is 0 Å². The van der Waals surface area contributed by atoms with E-state index in [4.69, 9.17) is 9.47 Å². The lowest BCUT2D eigenvalue weighted by Crippen LogP contribution is -2.21. The molecule has 26 heavy (non-hydrogen) atoms. The van der Waals surface area contributed by atoms with Crippen LogP contribution >= 0.6 is 0 Å². The smallest absolute Gasteiger partial charge is 0.244 e. The fourth-order valence-corrected chi connectivity index (χ4v) is 2.33. The molecular formula is C21H24FNO3. The van der Waals surface area contributed by atoms with Gasteiger partial charge in [-0.3, -0.25) is 4.79 Å². The number of ether oxygens (including phenoxy) is 2. The summed E-state index contributed by atoms with van der Waals surface area (Å²) >= 11 is 0. The Morgan fingerprint density at radius 1 is 1.19 bits per heavy atom. The van der Waals surface area contributed by atoms with Gasteiger partial charge in [-0.25, -0.2) is 4.39 Å². The van der Waals surface area contributed by atoms with E-state index in [2.05, 4.69) is 5.32 Å². The van der Waals surface area contributed by atoms with Crippen LogP contribution in [0.4, 0.5) is 4.39 Å². The van der Waals surface area contributed by atoms with Gasteiger partial charge in [0, 0.05) is 12.6 Å². The van der Waals surface area contributed by atoms with Crippen LogP contribution in [0.3, 0.4) is 0 Å². The van der Waals surface area contributed by atoms with Gasteiger partial charge in [0.05, 0.1) is 19.8 Å². The molecule has 0 aliphatic rings. The zero-order chi connectivity index (χ0) is 18.9. The number of carbonyl (C=O) groups excluding carboxylic acids is 1. The van der Waals surface area contributed by atoms with E-state index in [9.17, 15) is 9.18 Å². The minimum absolute atomic E-state index is 0.144. The van der Waals surface area contributed by atoms with Crippen molar-refractivity contribution in [2.75, 3.05) is 7.11 Å². The molecule has 5 heteroatoms. The Kier molecular flexibility index (Phi) is 7.36. The van der Waals surface area contributed by atoms with Gasteiger partial charge < -0.3 is 14.8 Å². The van der Waals surface area contributed by atoms with E-state index < -0.39 is 5.82 Å². The maximum absolute atomic E-state index is 13.6. The second-order valence-electron chi connectivity index (χ2n) is 6.07. The number of hydrogen-bond donors (Lipinski definition) is 1. The molecule has 0 aliphatic carbocycles. The SMILES string of the molecule is COc1ccc(/C=C/C(=O)NCc2ccccc2COC(C)C)cc1F. The summed E-state index contributed by atoms with van der Waals surface area (Å²) in [5.41, 5.74) is 2.64. The van der Waals surface area contributed by atoms with Crippen LogP contribution in [0.5, 0.6) is 5.75 Å². The molecule has 0 saturated heterocycles. The molecule has 0 spiro atoms. The Labute approximate surface area is 153 Å². The second-order valence-corrected chi connectivity index (χ2v) is 6.07. The standard InChI is InChI=1S/C21H24FNO3/c1-15(2)26-14-18-7-5-4-6-17(18)13-23-21(24)11-9-16-8-10-20(25-3)19(22)12-16/h4-12,15H,13-14H2,1-3H3,(H,23,24)/b11-9+. The van der Waals surface area contributed by atoms with E-state index in [1.807, 2.05) is 38.1 Å². The average molecular weight is 357 g/mol. The molecule has 0 bridgehead atoms. The topological polar surface area (TPSA) is 47.6 Å². The third-order valence-corrected chi connectivity index (χ3v) is 3.75. The molecule has 1 N–H and O–H groups in total. The Morgan fingerprint density at radius 2 is 1.92 bits per heavy atom. The molecule has 0 aliphatic heterocycles. The monoisotopic (exact) mass is 357 g/mol. The highest BCUT2D eigenvalue weighted by Gasteiger charge is 2.05. The number of hydrogen-bond acceptors (Lipinski definition) is 3. The first kappa shape index (κ1) is 19.7. The van der Waals surface area contributed by atoms with Crippen LogP contribution in [0.1, 0.15) is 30.5 Å². The molecule has 0 unspecified atom stereocenters. The van der Waals surface area contributed by atoms with Gasteiger partial charge in [0.25, 0.3) is 0 Å². The summed E-state index contributed by atoms with van der Waals surface area (Å²) < 4.78 is 24.2. The molecule has 0 saturated carbocycles. The van der Waals surface area contributed by atoms with Crippen molar-refractivity contribution in [3.05, 3.63) is 71.0 Å². The normalized spacial score (nSPS) is 11.1. The average Bonchev–Trinajstić information content (AvgIpc) is 2.63. The van der Waals surface area contributed by atoms with Crippen molar-refractivity contribution in [1.82, 2.24) is 5.32 Å². The molecule has 0 heterocycles. The van der Waals surface area contributed by atoms with E-state index in [0.29, 0.717) is 18.7 Å². The Balaban J connectivity index is 1.93. The summed E-state index contributed by atoms with van der Waals surface area (Å²) in [6, 6.07) is 12.4. The number of methoxy groups -OCH3 is 1. The van der Waals surface area contributed by atoms with E-state index in [1.165, 1.54) is 25.3 Å². The molecule has 0 aromatic heterocycles. The Bertz CT molecular complexity index is 772. The van der Waals surface area contributed by atoms with Crippen LogP contribution in [0.25, 0.3) is 6.08 Å². The van der Waals surface area contributed by atoms with Crippen LogP contribution in [0, 0.1) is 5.82 Å². The van der Waals surface area contributed by atoms with E-state index in [-0.39, 0.29) is 17.8 Å². The summed E-state index contributed by atoms with van der Waals surface area (Å²) in [5, 5.41) is 2.83. The van der Waals surface area contributed by atoms with Crippen molar-refractivity contribution in [3.63, 3.8) is 0 Å². The lowest BCUT2D eigenvalue weighted by molar-refractivity contribution is -0.116. The molecule has 0 fully saturated rings. The van der Waals surface area contributed by atoms with Gasteiger partial charge >= 0.3 is 0 Å². The minimum Gasteiger partial charge on any atom is -0.494 e. The van der Waals surface area contributed by atoms with Crippen LogP contribution in [0.15, 0.2) is 48.5 Å². The van der Waals surface area contributed by atoms with Gasteiger partial charge in [0.15, 0.2) is 11.6 Å². The van der Waals surface area contributed by atoms with E-state index in [1.54, 1.807) is 12.1 Å². The molecule has 0 radical (unpaired) electrons. The molecule has 2 aromatic rings. The van der Waals surface area contributed by atoms with Crippen LogP contribution in [0.2, 0.25) is 0 Å². The molecule has 138 valence electrons. The molecule has 2 aromatic carbocycles. The zero-order valence-corrected chi connectivity index (χ0v) is 15.3. The summed E-state index contributed by atoms with van der Waals surface area (Å²) in [6.45, 7) is 4.87. The van der Waals surface area contributed by atoms with Crippen molar-refractivity contribution >= 4 is 12.0 Å². The minimum atomic E-state index is -0.464. The number of nitrogens with one attached hydrogen (secondary N) is 1. The summed E-state index contributed by atoms with van der Waals surface area (Å²) in [7, 11) is 1.41.